The summed E-state index contributed by atoms with van der Waals surface area (Å²) >= 11 is 0. The highest BCUT2D eigenvalue weighted by Gasteiger charge is 2.22. The second kappa shape index (κ2) is 7.70. The molecule has 0 aliphatic heterocycles. The predicted molar refractivity (Wildman–Crippen MR) is 86.3 cm³/mol. The highest BCUT2D eigenvalue weighted by molar-refractivity contribution is 7.90. The van der Waals surface area contributed by atoms with Crippen molar-refractivity contribution < 1.29 is 18.0 Å². The lowest BCUT2D eigenvalue weighted by molar-refractivity contribution is 0.201. The van der Waals surface area contributed by atoms with Gasteiger partial charge >= 0.3 is 0 Å². The molecular formula is C16H22N2O4S. The topological polar surface area (TPSA) is 93.3 Å². The van der Waals surface area contributed by atoms with Crippen molar-refractivity contribution in [1.82, 2.24) is 10.1 Å². The Morgan fingerprint density at radius 3 is 2.57 bits per heavy atom. The van der Waals surface area contributed by atoms with E-state index in [4.69, 9.17) is 4.52 Å². The average Bonchev–Trinajstić information content (AvgIpc) is 2.92. The van der Waals surface area contributed by atoms with Crippen LogP contribution in [0.5, 0.6) is 0 Å². The quantitative estimate of drug-likeness (QED) is 0.794. The van der Waals surface area contributed by atoms with Gasteiger partial charge in [0.1, 0.15) is 5.75 Å². The smallest absolute Gasteiger partial charge is 0.241 e. The van der Waals surface area contributed by atoms with Gasteiger partial charge in [-0.3, -0.25) is 0 Å². The Morgan fingerprint density at radius 1 is 1.22 bits per heavy atom. The Morgan fingerprint density at radius 2 is 1.91 bits per heavy atom. The fraction of sp³-hybridized carbons (Fsp3) is 0.500. The van der Waals surface area contributed by atoms with Gasteiger partial charge in [0.05, 0.1) is 11.9 Å². The second-order valence-electron chi connectivity index (χ2n) is 6.02. The Balaban J connectivity index is 1.96. The fourth-order valence-corrected chi connectivity index (χ4v) is 3.41. The van der Waals surface area contributed by atoms with Crippen molar-refractivity contribution in [3.8, 4) is 0 Å². The van der Waals surface area contributed by atoms with Gasteiger partial charge < -0.3 is 9.63 Å². The summed E-state index contributed by atoms with van der Waals surface area (Å²) in [6.07, 6.45) is 0.510. The van der Waals surface area contributed by atoms with Gasteiger partial charge in [-0.1, -0.05) is 49.3 Å². The Labute approximate surface area is 136 Å². The first-order valence-corrected chi connectivity index (χ1v) is 9.43. The zero-order valence-corrected chi connectivity index (χ0v) is 14.2. The number of hydrogen-bond acceptors (Lipinski definition) is 6. The Bertz CT molecular complexity index is 711. The molecule has 0 aliphatic carbocycles. The van der Waals surface area contributed by atoms with E-state index in [0.717, 1.165) is 6.42 Å². The van der Waals surface area contributed by atoms with Gasteiger partial charge in [-0.15, -0.1) is 0 Å². The van der Waals surface area contributed by atoms with Crippen molar-refractivity contribution in [2.45, 2.75) is 38.5 Å². The van der Waals surface area contributed by atoms with Gasteiger partial charge in [-0.2, -0.15) is 4.98 Å². The first-order valence-electron chi connectivity index (χ1n) is 7.60. The maximum absolute atomic E-state index is 12.2. The number of benzene rings is 1. The molecule has 7 heteroatoms. The maximum Gasteiger partial charge on any atom is 0.241 e. The fourth-order valence-electron chi connectivity index (χ4n) is 2.13. The van der Waals surface area contributed by atoms with Crippen molar-refractivity contribution in [3.63, 3.8) is 0 Å². The molecule has 2 aromatic rings. The minimum atomic E-state index is -3.55. The zero-order chi connectivity index (χ0) is 16.9. The maximum atomic E-state index is 12.2. The summed E-state index contributed by atoms with van der Waals surface area (Å²) in [5.74, 6) is 0.380. The van der Waals surface area contributed by atoms with Crippen LogP contribution in [-0.4, -0.2) is 29.4 Å². The SMILES string of the molecule is CC(C)CCc1noc(CS(=O)(=O)CC(O)c2ccccc2)n1. The highest BCUT2D eigenvalue weighted by Crippen LogP contribution is 2.17. The van der Waals surface area contributed by atoms with Crippen LogP contribution in [0.25, 0.3) is 0 Å². The minimum absolute atomic E-state index is 0.0732. The molecule has 0 radical (unpaired) electrons. The van der Waals surface area contributed by atoms with E-state index < -0.39 is 15.9 Å². The molecular weight excluding hydrogens is 316 g/mol. The largest absolute Gasteiger partial charge is 0.387 e. The molecule has 2 rings (SSSR count). The number of hydrogen-bond donors (Lipinski definition) is 1. The van der Waals surface area contributed by atoms with E-state index in [1.807, 2.05) is 6.07 Å². The molecule has 6 nitrogen and oxygen atoms in total. The molecule has 1 heterocycles. The minimum Gasteiger partial charge on any atom is -0.387 e. The number of aliphatic hydroxyl groups is 1. The molecule has 23 heavy (non-hydrogen) atoms. The number of nitrogens with zero attached hydrogens (tertiary/aromatic N) is 2. The molecule has 1 aromatic carbocycles. The molecule has 1 aromatic heterocycles. The molecule has 1 N–H and O–H groups in total. The Hall–Kier alpha value is -1.73. The molecule has 0 amide bonds. The summed E-state index contributed by atoms with van der Waals surface area (Å²) in [6.45, 7) is 4.19. The first-order chi connectivity index (χ1) is 10.9. The van der Waals surface area contributed by atoms with E-state index in [1.165, 1.54) is 0 Å². The van der Waals surface area contributed by atoms with Crippen LogP contribution in [0.15, 0.2) is 34.9 Å². The summed E-state index contributed by atoms with van der Waals surface area (Å²) in [7, 11) is -3.55. The van der Waals surface area contributed by atoms with Crippen molar-refractivity contribution in [2.24, 2.45) is 5.92 Å². The van der Waals surface area contributed by atoms with E-state index in [9.17, 15) is 13.5 Å². The third-order valence-corrected chi connectivity index (χ3v) is 4.91. The Kier molecular flexibility index (Phi) is 5.90. The standard InChI is InChI=1S/C16H22N2O4S/c1-12(2)8-9-15-17-16(22-18-15)11-23(20,21)10-14(19)13-6-4-3-5-7-13/h3-7,12,14,19H,8-11H2,1-2H3. The van der Waals surface area contributed by atoms with Gasteiger partial charge in [0.2, 0.25) is 5.89 Å². The van der Waals surface area contributed by atoms with Crippen LogP contribution in [-0.2, 0) is 22.0 Å². The monoisotopic (exact) mass is 338 g/mol. The number of aliphatic hydroxyl groups excluding tert-OH is 1. The van der Waals surface area contributed by atoms with Crippen molar-refractivity contribution >= 4 is 9.84 Å². The molecule has 0 bridgehead atoms. The van der Waals surface area contributed by atoms with Crippen molar-refractivity contribution in [1.29, 1.82) is 0 Å². The lowest BCUT2D eigenvalue weighted by Crippen LogP contribution is -2.16. The molecule has 0 saturated heterocycles. The number of aromatic nitrogens is 2. The lowest BCUT2D eigenvalue weighted by Gasteiger charge is -2.10. The van der Waals surface area contributed by atoms with Crippen LogP contribution >= 0.6 is 0 Å². The first kappa shape index (κ1) is 17.6. The highest BCUT2D eigenvalue weighted by atomic mass is 32.2. The molecule has 0 saturated carbocycles. The van der Waals surface area contributed by atoms with Crippen molar-refractivity contribution in [2.75, 3.05) is 5.75 Å². The van der Waals surface area contributed by atoms with Crippen LogP contribution in [0.3, 0.4) is 0 Å². The molecule has 1 unspecified atom stereocenters. The van der Waals surface area contributed by atoms with Crippen LogP contribution in [0.4, 0.5) is 0 Å². The number of aryl methyl sites for hydroxylation is 1. The average molecular weight is 338 g/mol. The predicted octanol–water partition coefficient (Wildman–Crippen LogP) is 2.31. The number of rotatable bonds is 8. The summed E-state index contributed by atoms with van der Waals surface area (Å²) in [5.41, 5.74) is 0.569. The molecule has 0 aliphatic rings. The van der Waals surface area contributed by atoms with E-state index in [2.05, 4.69) is 24.0 Å². The van der Waals surface area contributed by atoms with Gasteiger partial charge in [0.15, 0.2) is 15.7 Å². The lowest BCUT2D eigenvalue weighted by atomic mass is 10.1. The van der Waals surface area contributed by atoms with Crippen LogP contribution in [0, 0.1) is 5.92 Å². The van der Waals surface area contributed by atoms with Gasteiger partial charge in [0.25, 0.3) is 0 Å². The van der Waals surface area contributed by atoms with E-state index in [1.54, 1.807) is 24.3 Å². The summed E-state index contributed by atoms with van der Waals surface area (Å²) in [6, 6.07) is 8.70. The third-order valence-electron chi connectivity index (χ3n) is 3.39. The zero-order valence-electron chi connectivity index (χ0n) is 13.3. The van der Waals surface area contributed by atoms with Crippen LogP contribution in [0.1, 0.15) is 43.7 Å². The molecule has 0 fully saturated rings. The van der Waals surface area contributed by atoms with E-state index in [-0.39, 0.29) is 17.4 Å². The summed E-state index contributed by atoms with van der Waals surface area (Å²) < 4.78 is 29.3. The normalized spacial score (nSPS) is 13.4. The van der Waals surface area contributed by atoms with Gasteiger partial charge in [-0.05, 0) is 17.9 Å². The van der Waals surface area contributed by atoms with Gasteiger partial charge in [0, 0.05) is 6.42 Å². The summed E-state index contributed by atoms with van der Waals surface area (Å²) in [5, 5.41) is 13.8. The molecule has 1 atom stereocenters. The third kappa shape index (κ3) is 5.76. The molecule has 126 valence electrons. The van der Waals surface area contributed by atoms with Crippen LogP contribution < -0.4 is 0 Å². The van der Waals surface area contributed by atoms with Crippen LogP contribution in [0.2, 0.25) is 0 Å². The number of sulfone groups is 1. The van der Waals surface area contributed by atoms with Gasteiger partial charge in [-0.25, -0.2) is 8.42 Å². The molecule has 0 spiro atoms. The summed E-state index contributed by atoms with van der Waals surface area (Å²) in [4.78, 5) is 4.11. The van der Waals surface area contributed by atoms with E-state index >= 15 is 0 Å². The van der Waals surface area contributed by atoms with E-state index in [0.29, 0.717) is 23.7 Å². The second-order valence-corrected chi connectivity index (χ2v) is 8.13. The van der Waals surface area contributed by atoms with Crippen molar-refractivity contribution in [3.05, 3.63) is 47.6 Å².